The molecule has 2 nitrogen and oxygen atoms in total. The van der Waals surface area contributed by atoms with Crippen LogP contribution in [0.4, 0.5) is 13.2 Å². The fourth-order valence-electron chi connectivity index (χ4n) is 1.70. The standard InChI is InChI=1S/C10H17F3N2/c11-10(12,13)9(4-5-9)15-7-1-6-14-8-2-3-8/h8,14-15H,1-7H2. The minimum Gasteiger partial charge on any atom is -0.314 e. The van der Waals surface area contributed by atoms with Crippen molar-refractivity contribution in [1.29, 1.82) is 0 Å². The van der Waals surface area contributed by atoms with Crippen molar-refractivity contribution < 1.29 is 13.2 Å². The maximum Gasteiger partial charge on any atom is 0.406 e. The summed E-state index contributed by atoms with van der Waals surface area (Å²) in [5.74, 6) is 0. The molecule has 88 valence electrons. The Morgan fingerprint density at radius 1 is 1.13 bits per heavy atom. The Labute approximate surface area is 87.6 Å². The first kappa shape index (κ1) is 11.2. The van der Waals surface area contributed by atoms with Crippen LogP contribution in [0.2, 0.25) is 0 Å². The zero-order valence-corrected chi connectivity index (χ0v) is 8.66. The van der Waals surface area contributed by atoms with Gasteiger partial charge in [0.15, 0.2) is 0 Å². The first-order valence-electron chi connectivity index (χ1n) is 5.59. The van der Waals surface area contributed by atoms with Crippen LogP contribution < -0.4 is 10.6 Å². The Kier molecular flexibility index (Phi) is 2.94. The molecule has 0 aromatic carbocycles. The van der Waals surface area contributed by atoms with Gasteiger partial charge in [-0.1, -0.05) is 0 Å². The summed E-state index contributed by atoms with van der Waals surface area (Å²) in [4.78, 5) is 0. The van der Waals surface area contributed by atoms with Crippen molar-refractivity contribution in [2.24, 2.45) is 0 Å². The second kappa shape index (κ2) is 3.94. The van der Waals surface area contributed by atoms with Crippen molar-refractivity contribution in [3.8, 4) is 0 Å². The molecule has 0 bridgehead atoms. The highest BCUT2D eigenvalue weighted by Crippen LogP contribution is 2.48. The van der Waals surface area contributed by atoms with Crippen LogP contribution in [0.25, 0.3) is 0 Å². The molecule has 0 unspecified atom stereocenters. The van der Waals surface area contributed by atoms with E-state index in [9.17, 15) is 13.2 Å². The van der Waals surface area contributed by atoms with E-state index in [1.807, 2.05) is 0 Å². The number of hydrogen-bond acceptors (Lipinski definition) is 2. The van der Waals surface area contributed by atoms with Gasteiger partial charge in [0.05, 0.1) is 0 Å². The first-order chi connectivity index (χ1) is 7.04. The van der Waals surface area contributed by atoms with Gasteiger partial charge in [-0.2, -0.15) is 13.2 Å². The van der Waals surface area contributed by atoms with Crippen LogP contribution in [0.3, 0.4) is 0 Å². The molecule has 0 amide bonds. The second-order valence-electron chi connectivity index (χ2n) is 4.59. The zero-order chi connectivity index (χ0) is 10.9. The van der Waals surface area contributed by atoms with Crippen molar-refractivity contribution in [3.05, 3.63) is 0 Å². The summed E-state index contributed by atoms with van der Waals surface area (Å²) in [5, 5.41) is 5.92. The topological polar surface area (TPSA) is 24.1 Å². The molecule has 15 heavy (non-hydrogen) atoms. The highest BCUT2D eigenvalue weighted by atomic mass is 19.4. The van der Waals surface area contributed by atoms with Crippen molar-refractivity contribution >= 4 is 0 Å². The smallest absolute Gasteiger partial charge is 0.314 e. The van der Waals surface area contributed by atoms with Gasteiger partial charge in [-0.05, 0) is 45.2 Å². The SMILES string of the molecule is FC(F)(F)C1(NCCCNC2CC2)CC1. The molecule has 2 N–H and O–H groups in total. The average molecular weight is 222 g/mol. The molecule has 2 fully saturated rings. The predicted octanol–water partition coefficient (Wildman–Crippen LogP) is 1.81. The van der Waals surface area contributed by atoms with Crippen LogP contribution in [0.15, 0.2) is 0 Å². The molecule has 0 aromatic rings. The average Bonchev–Trinajstić information content (AvgIpc) is 2.97. The van der Waals surface area contributed by atoms with Crippen LogP contribution >= 0.6 is 0 Å². The summed E-state index contributed by atoms with van der Waals surface area (Å²) >= 11 is 0. The molecule has 0 spiro atoms. The lowest BCUT2D eigenvalue weighted by Gasteiger charge is -2.20. The quantitative estimate of drug-likeness (QED) is 0.670. The summed E-state index contributed by atoms with van der Waals surface area (Å²) in [6.45, 7) is 1.28. The highest BCUT2D eigenvalue weighted by Gasteiger charge is 2.62. The fraction of sp³-hybridized carbons (Fsp3) is 1.00. The number of alkyl halides is 3. The van der Waals surface area contributed by atoms with Crippen molar-refractivity contribution in [2.45, 2.75) is 49.9 Å². The van der Waals surface area contributed by atoms with E-state index in [1.165, 1.54) is 12.8 Å². The predicted molar refractivity (Wildman–Crippen MR) is 51.7 cm³/mol. The Balaban J connectivity index is 1.56. The van der Waals surface area contributed by atoms with E-state index in [4.69, 9.17) is 0 Å². The molecule has 0 aromatic heterocycles. The van der Waals surface area contributed by atoms with Gasteiger partial charge in [-0.3, -0.25) is 0 Å². The molecule has 0 aliphatic heterocycles. The summed E-state index contributed by atoms with van der Waals surface area (Å²) in [5.41, 5.74) is -1.54. The molecule has 0 radical (unpaired) electrons. The molecule has 2 saturated carbocycles. The minimum atomic E-state index is -4.07. The van der Waals surface area contributed by atoms with E-state index < -0.39 is 11.7 Å². The van der Waals surface area contributed by atoms with E-state index in [1.54, 1.807) is 0 Å². The third-order valence-corrected chi connectivity index (χ3v) is 3.12. The Hall–Kier alpha value is -0.290. The molecular weight excluding hydrogens is 205 g/mol. The van der Waals surface area contributed by atoms with Gasteiger partial charge >= 0.3 is 6.18 Å². The third kappa shape index (κ3) is 2.84. The van der Waals surface area contributed by atoms with Gasteiger partial charge in [0.2, 0.25) is 0 Å². The normalized spacial score (nSPS) is 24.2. The van der Waals surface area contributed by atoms with Crippen LogP contribution in [0.1, 0.15) is 32.1 Å². The lowest BCUT2D eigenvalue weighted by atomic mass is 10.2. The van der Waals surface area contributed by atoms with Crippen LogP contribution in [-0.4, -0.2) is 30.8 Å². The maximum atomic E-state index is 12.5. The minimum absolute atomic E-state index is 0.243. The molecule has 2 aliphatic carbocycles. The van der Waals surface area contributed by atoms with Crippen molar-refractivity contribution in [2.75, 3.05) is 13.1 Å². The maximum absolute atomic E-state index is 12.5. The van der Waals surface area contributed by atoms with E-state index in [2.05, 4.69) is 10.6 Å². The van der Waals surface area contributed by atoms with E-state index in [0.29, 0.717) is 12.6 Å². The zero-order valence-electron chi connectivity index (χ0n) is 8.66. The molecule has 2 aliphatic rings. The Morgan fingerprint density at radius 2 is 1.80 bits per heavy atom. The number of hydrogen-bond donors (Lipinski definition) is 2. The van der Waals surface area contributed by atoms with Gasteiger partial charge in [-0.25, -0.2) is 0 Å². The summed E-state index contributed by atoms with van der Waals surface area (Å²) in [6, 6.07) is 0.641. The van der Waals surface area contributed by atoms with E-state index in [0.717, 1.165) is 13.0 Å². The molecular formula is C10H17F3N2. The molecule has 2 rings (SSSR count). The van der Waals surface area contributed by atoms with Crippen LogP contribution in [-0.2, 0) is 0 Å². The Morgan fingerprint density at radius 3 is 2.27 bits per heavy atom. The number of nitrogens with one attached hydrogen (secondary N) is 2. The third-order valence-electron chi connectivity index (χ3n) is 3.12. The van der Waals surface area contributed by atoms with Gasteiger partial charge in [0, 0.05) is 6.04 Å². The lowest BCUT2D eigenvalue weighted by Crippen LogP contribution is -2.45. The second-order valence-corrected chi connectivity index (χ2v) is 4.59. The van der Waals surface area contributed by atoms with Gasteiger partial charge < -0.3 is 10.6 Å². The van der Waals surface area contributed by atoms with Gasteiger partial charge in [0.1, 0.15) is 5.54 Å². The Bertz CT molecular complexity index is 219. The lowest BCUT2D eigenvalue weighted by molar-refractivity contribution is -0.165. The molecule has 5 heteroatoms. The van der Waals surface area contributed by atoms with Gasteiger partial charge in [0.25, 0.3) is 0 Å². The van der Waals surface area contributed by atoms with E-state index >= 15 is 0 Å². The van der Waals surface area contributed by atoms with Crippen molar-refractivity contribution in [3.63, 3.8) is 0 Å². The highest BCUT2D eigenvalue weighted by molar-refractivity contribution is 5.07. The van der Waals surface area contributed by atoms with Gasteiger partial charge in [-0.15, -0.1) is 0 Å². The monoisotopic (exact) mass is 222 g/mol. The fourth-order valence-corrected chi connectivity index (χ4v) is 1.70. The summed E-state index contributed by atoms with van der Waals surface area (Å²) < 4.78 is 37.4. The van der Waals surface area contributed by atoms with Crippen molar-refractivity contribution in [1.82, 2.24) is 10.6 Å². The van der Waals surface area contributed by atoms with Crippen LogP contribution in [0, 0.1) is 0 Å². The summed E-state index contributed by atoms with van der Waals surface area (Å²) in [6.07, 6.45) is -0.371. The molecule has 0 saturated heterocycles. The summed E-state index contributed by atoms with van der Waals surface area (Å²) in [7, 11) is 0. The first-order valence-corrected chi connectivity index (χ1v) is 5.59. The number of halogens is 3. The molecule has 0 heterocycles. The number of rotatable bonds is 6. The van der Waals surface area contributed by atoms with Crippen LogP contribution in [0.5, 0.6) is 0 Å². The largest absolute Gasteiger partial charge is 0.406 e. The molecule has 0 atom stereocenters. The van der Waals surface area contributed by atoms with E-state index in [-0.39, 0.29) is 12.8 Å².